The molecule has 0 aromatic heterocycles. The van der Waals surface area contributed by atoms with Gasteiger partial charge in [0.25, 0.3) is 0 Å². The van der Waals surface area contributed by atoms with E-state index >= 15 is 0 Å². The Morgan fingerprint density at radius 1 is 1.14 bits per heavy atom. The normalized spacial score (nSPS) is 14.9. The highest BCUT2D eigenvalue weighted by atomic mass is 127. The number of nitrogens with zero attached hydrogens (tertiary/aromatic N) is 2. The van der Waals surface area contributed by atoms with E-state index in [1.54, 1.807) is 7.11 Å². The van der Waals surface area contributed by atoms with E-state index in [1.165, 1.54) is 42.7 Å². The summed E-state index contributed by atoms with van der Waals surface area (Å²) in [5.41, 5.74) is 3.88. The van der Waals surface area contributed by atoms with Crippen LogP contribution in [0.3, 0.4) is 0 Å². The number of anilines is 1. The highest BCUT2D eigenvalue weighted by Gasteiger charge is 2.14. The molecule has 0 saturated carbocycles. The molecule has 1 aliphatic rings. The van der Waals surface area contributed by atoms with Crippen molar-refractivity contribution in [3.8, 4) is 5.75 Å². The molecular formula is C23H33IN4O. The van der Waals surface area contributed by atoms with Gasteiger partial charge < -0.3 is 20.3 Å². The number of benzene rings is 2. The van der Waals surface area contributed by atoms with Gasteiger partial charge in [0.1, 0.15) is 5.75 Å². The quantitative estimate of drug-likeness (QED) is 0.331. The molecule has 1 fully saturated rings. The molecule has 2 aromatic carbocycles. The molecule has 1 heterocycles. The number of ether oxygens (including phenoxy) is 1. The van der Waals surface area contributed by atoms with Crippen LogP contribution in [0.5, 0.6) is 5.75 Å². The van der Waals surface area contributed by atoms with Gasteiger partial charge in [0.2, 0.25) is 0 Å². The van der Waals surface area contributed by atoms with Gasteiger partial charge in [0.05, 0.1) is 13.2 Å². The van der Waals surface area contributed by atoms with Crippen LogP contribution in [-0.2, 0) is 6.42 Å². The fourth-order valence-electron chi connectivity index (χ4n) is 3.57. The maximum Gasteiger partial charge on any atom is 0.191 e. The van der Waals surface area contributed by atoms with Crippen molar-refractivity contribution in [3.63, 3.8) is 0 Å². The molecule has 0 radical (unpaired) electrons. The van der Waals surface area contributed by atoms with Crippen LogP contribution in [0, 0.1) is 0 Å². The van der Waals surface area contributed by atoms with Crippen LogP contribution in [0.2, 0.25) is 0 Å². The molecule has 0 bridgehead atoms. The average Bonchev–Trinajstić information content (AvgIpc) is 3.28. The number of rotatable bonds is 7. The Labute approximate surface area is 192 Å². The monoisotopic (exact) mass is 508 g/mol. The summed E-state index contributed by atoms with van der Waals surface area (Å²) < 4.78 is 5.21. The molecule has 2 aromatic rings. The van der Waals surface area contributed by atoms with Gasteiger partial charge in [-0.2, -0.15) is 0 Å². The van der Waals surface area contributed by atoms with Crippen molar-refractivity contribution in [2.75, 3.05) is 38.7 Å². The average molecular weight is 508 g/mol. The fraction of sp³-hybridized carbons (Fsp3) is 0.435. The lowest BCUT2D eigenvalue weighted by molar-refractivity contribution is 0.414. The first-order valence-corrected chi connectivity index (χ1v) is 10.1. The Kier molecular flexibility index (Phi) is 9.57. The lowest BCUT2D eigenvalue weighted by atomic mass is 10.1. The summed E-state index contributed by atoms with van der Waals surface area (Å²) in [6.45, 7) is 5.34. The van der Waals surface area contributed by atoms with Crippen molar-refractivity contribution in [2.24, 2.45) is 4.99 Å². The van der Waals surface area contributed by atoms with Crippen LogP contribution in [0.1, 0.15) is 36.9 Å². The second-order valence-corrected chi connectivity index (χ2v) is 7.25. The third kappa shape index (κ3) is 6.80. The topological polar surface area (TPSA) is 48.9 Å². The van der Waals surface area contributed by atoms with Crippen LogP contribution >= 0.6 is 24.0 Å². The van der Waals surface area contributed by atoms with Gasteiger partial charge in [0.15, 0.2) is 5.96 Å². The van der Waals surface area contributed by atoms with Gasteiger partial charge in [0, 0.05) is 32.4 Å². The number of aliphatic imine (C=N–C) groups is 1. The highest BCUT2D eigenvalue weighted by molar-refractivity contribution is 14.0. The van der Waals surface area contributed by atoms with Gasteiger partial charge in [-0.3, -0.25) is 4.99 Å². The minimum absolute atomic E-state index is 0. The van der Waals surface area contributed by atoms with E-state index in [0.717, 1.165) is 24.7 Å². The summed E-state index contributed by atoms with van der Waals surface area (Å²) in [7, 11) is 3.50. The van der Waals surface area contributed by atoms with Gasteiger partial charge in [-0.15, -0.1) is 24.0 Å². The summed E-state index contributed by atoms with van der Waals surface area (Å²) in [6, 6.07) is 17.2. The van der Waals surface area contributed by atoms with Crippen LogP contribution in [0.4, 0.5) is 5.69 Å². The number of methoxy groups -OCH3 is 1. The third-order valence-electron chi connectivity index (χ3n) is 5.28. The maximum absolute atomic E-state index is 5.21. The molecular weight excluding hydrogens is 475 g/mol. The van der Waals surface area contributed by atoms with Crippen molar-refractivity contribution in [1.82, 2.24) is 10.6 Å². The number of nitrogens with one attached hydrogen (secondary N) is 2. The van der Waals surface area contributed by atoms with E-state index < -0.39 is 0 Å². The SMILES string of the molecule is CN=C(NCCc1ccc(OC)cc1)NC(C)c1cccc(N2CCCC2)c1.I. The van der Waals surface area contributed by atoms with Gasteiger partial charge in [-0.25, -0.2) is 0 Å². The summed E-state index contributed by atoms with van der Waals surface area (Å²) in [4.78, 5) is 6.85. The molecule has 1 saturated heterocycles. The zero-order valence-corrected chi connectivity index (χ0v) is 20.0. The Morgan fingerprint density at radius 2 is 1.86 bits per heavy atom. The van der Waals surface area contributed by atoms with Crippen molar-refractivity contribution in [3.05, 3.63) is 59.7 Å². The predicted octanol–water partition coefficient (Wildman–Crippen LogP) is 4.38. The Hall–Kier alpha value is -1.96. The number of hydrogen-bond donors (Lipinski definition) is 2. The molecule has 29 heavy (non-hydrogen) atoms. The molecule has 0 spiro atoms. The van der Waals surface area contributed by atoms with Crippen molar-refractivity contribution in [2.45, 2.75) is 32.2 Å². The molecule has 1 unspecified atom stereocenters. The fourth-order valence-corrected chi connectivity index (χ4v) is 3.57. The molecule has 6 heteroatoms. The van der Waals surface area contributed by atoms with E-state index in [4.69, 9.17) is 4.74 Å². The first-order valence-electron chi connectivity index (χ1n) is 10.1. The molecule has 0 aliphatic carbocycles. The zero-order chi connectivity index (χ0) is 19.8. The second kappa shape index (κ2) is 11.9. The molecule has 3 rings (SSSR count). The van der Waals surface area contributed by atoms with E-state index in [2.05, 4.69) is 63.8 Å². The third-order valence-corrected chi connectivity index (χ3v) is 5.28. The number of hydrogen-bond acceptors (Lipinski definition) is 3. The maximum atomic E-state index is 5.21. The number of guanidine groups is 1. The highest BCUT2D eigenvalue weighted by Crippen LogP contribution is 2.23. The minimum Gasteiger partial charge on any atom is -0.497 e. The summed E-state index contributed by atoms with van der Waals surface area (Å²) in [5.74, 6) is 1.71. The van der Waals surface area contributed by atoms with Gasteiger partial charge in [-0.1, -0.05) is 24.3 Å². The summed E-state index contributed by atoms with van der Waals surface area (Å²) in [6.07, 6.45) is 3.52. The Bertz CT molecular complexity index is 773. The zero-order valence-electron chi connectivity index (χ0n) is 17.6. The number of halogens is 1. The second-order valence-electron chi connectivity index (χ2n) is 7.25. The van der Waals surface area contributed by atoms with Crippen LogP contribution in [0.25, 0.3) is 0 Å². The van der Waals surface area contributed by atoms with Crippen molar-refractivity contribution < 1.29 is 4.74 Å². The molecule has 1 aliphatic heterocycles. The molecule has 5 nitrogen and oxygen atoms in total. The Balaban J connectivity index is 0.00000300. The van der Waals surface area contributed by atoms with Crippen LogP contribution in [-0.4, -0.2) is 39.8 Å². The van der Waals surface area contributed by atoms with Crippen LogP contribution in [0.15, 0.2) is 53.5 Å². The minimum atomic E-state index is 0. The largest absolute Gasteiger partial charge is 0.497 e. The first kappa shape index (κ1) is 23.3. The molecule has 2 N–H and O–H groups in total. The van der Waals surface area contributed by atoms with Gasteiger partial charge >= 0.3 is 0 Å². The molecule has 158 valence electrons. The van der Waals surface area contributed by atoms with E-state index in [9.17, 15) is 0 Å². The van der Waals surface area contributed by atoms with Crippen LogP contribution < -0.4 is 20.3 Å². The Morgan fingerprint density at radius 3 is 2.52 bits per heavy atom. The lowest BCUT2D eigenvalue weighted by Gasteiger charge is -2.22. The van der Waals surface area contributed by atoms with E-state index in [-0.39, 0.29) is 30.0 Å². The lowest BCUT2D eigenvalue weighted by Crippen LogP contribution is -2.39. The van der Waals surface area contributed by atoms with E-state index in [1.807, 2.05) is 19.2 Å². The van der Waals surface area contributed by atoms with Crippen molar-refractivity contribution in [1.29, 1.82) is 0 Å². The van der Waals surface area contributed by atoms with Crippen molar-refractivity contribution >= 4 is 35.6 Å². The predicted molar refractivity (Wildman–Crippen MR) is 133 cm³/mol. The molecule has 0 amide bonds. The summed E-state index contributed by atoms with van der Waals surface area (Å²) in [5, 5.41) is 6.92. The molecule has 1 atom stereocenters. The standard InChI is InChI=1S/C23H32N4O.HI/c1-18(20-7-6-8-21(17-20)27-15-4-5-16-27)26-23(24-2)25-14-13-19-9-11-22(28-3)12-10-19;/h6-12,17-18H,4-5,13-16H2,1-3H3,(H2,24,25,26);1H. The summed E-state index contributed by atoms with van der Waals surface area (Å²) >= 11 is 0. The first-order chi connectivity index (χ1) is 13.7. The smallest absolute Gasteiger partial charge is 0.191 e. The van der Waals surface area contributed by atoms with E-state index in [0.29, 0.717) is 0 Å². The van der Waals surface area contributed by atoms with Gasteiger partial charge in [-0.05, 0) is 61.6 Å².